The van der Waals surface area contributed by atoms with Crippen molar-refractivity contribution in [2.75, 3.05) is 13.1 Å². The Balaban J connectivity index is 2.24. The van der Waals surface area contributed by atoms with E-state index in [1.54, 1.807) is 11.8 Å². The molecule has 2 aliphatic heterocycles. The van der Waals surface area contributed by atoms with Gasteiger partial charge in [-0.25, -0.2) is 0 Å². The van der Waals surface area contributed by atoms with Crippen LogP contribution in [0.4, 0.5) is 0 Å². The number of carbonyl (C=O) groups excluding carboxylic acids is 2. The Kier molecular flexibility index (Phi) is 2.86. The minimum atomic E-state index is -0.405. The van der Waals surface area contributed by atoms with E-state index in [-0.39, 0.29) is 24.4 Å². The van der Waals surface area contributed by atoms with Crippen molar-refractivity contribution in [1.29, 1.82) is 0 Å². The highest BCUT2D eigenvalue weighted by Gasteiger charge is 2.44. The summed E-state index contributed by atoms with van der Waals surface area (Å²) < 4.78 is 0. The zero-order valence-corrected chi connectivity index (χ0v) is 9.48. The minimum absolute atomic E-state index is 0.0183. The lowest BCUT2D eigenvalue weighted by Gasteiger charge is -2.45. The van der Waals surface area contributed by atoms with Gasteiger partial charge in [-0.05, 0) is 26.2 Å². The molecular weight excluding hydrogens is 204 g/mol. The van der Waals surface area contributed by atoms with Crippen LogP contribution >= 0.6 is 0 Å². The van der Waals surface area contributed by atoms with Crippen LogP contribution in [-0.2, 0) is 9.59 Å². The summed E-state index contributed by atoms with van der Waals surface area (Å²) in [6.45, 7) is 2.70. The lowest BCUT2D eigenvalue weighted by Crippen LogP contribution is -2.64. The van der Waals surface area contributed by atoms with E-state index in [1.165, 1.54) is 4.90 Å². The second-order valence-corrected chi connectivity index (χ2v) is 4.39. The Bertz CT molecular complexity index is 359. The van der Waals surface area contributed by atoms with Crippen molar-refractivity contribution in [3.8, 4) is 12.3 Å². The molecule has 0 spiro atoms. The van der Waals surface area contributed by atoms with Gasteiger partial charge in [0.2, 0.25) is 11.8 Å². The van der Waals surface area contributed by atoms with Crippen LogP contribution in [0.1, 0.15) is 26.2 Å². The van der Waals surface area contributed by atoms with E-state index in [0.717, 1.165) is 19.3 Å². The average molecular weight is 220 g/mol. The number of piperidine rings is 1. The summed E-state index contributed by atoms with van der Waals surface area (Å²) in [5, 5.41) is 0. The van der Waals surface area contributed by atoms with Gasteiger partial charge in [0.05, 0.1) is 6.54 Å². The maximum atomic E-state index is 12.1. The van der Waals surface area contributed by atoms with Gasteiger partial charge >= 0.3 is 0 Å². The third kappa shape index (κ3) is 1.57. The average Bonchev–Trinajstić information content (AvgIpc) is 2.32. The van der Waals surface area contributed by atoms with Crippen LogP contribution in [0.5, 0.6) is 0 Å². The number of hydrogen-bond donors (Lipinski definition) is 0. The van der Waals surface area contributed by atoms with Crippen LogP contribution in [-0.4, -0.2) is 46.8 Å². The molecule has 4 heteroatoms. The normalized spacial score (nSPS) is 30.0. The van der Waals surface area contributed by atoms with E-state index >= 15 is 0 Å². The summed E-state index contributed by atoms with van der Waals surface area (Å²) in [6, 6.07) is -0.663. The molecule has 0 aliphatic carbocycles. The van der Waals surface area contributed by atoms with Crippen LogP contribution in [0.3, 0.4) is 0 Å². The fraction of sp³-hybridized carbons (Fsp3) is 0.667. The minimum Gasteiger partial charge on any atom is -0.329 e. The maximum absolute atomic E-state index is 12.1. The predicted molar refractivity (Wildman–Crippen MR) is 59.4 cm³/mol. The first kappa shape index (κ1) is 11.0. The Labute approximate surface area is 95.6 Å². The predicted octanol–water partition coefficient (Wildman–Crippen LogP) is 0.231. The standard InChI is InChI=1S/C12H16N2O2/c1-3-7-13-9(2)11(15)14-8-5-4-6-10(14)12(13)16/h1,9-10H,4-8H2,2H3. The summed E-state index contributed by atoms with van der Waals surface area (Å²) >= 11 is 0. The molecule has 0 N–H and O–H groups in total. The number of amides is 2. The van der Waals surface area contributed by atoms with Gasteiger partial charge in [0.15, 0.2) is 0 Å². The molecule has 2 unspecified atom stereocenters. The molecule has 2 saturated heterocycles. The van der Waals surface area contributed by atoms with Gasteiger partial charge < -0.3 is 9.80 Å². The van der Waals surface area contributed by atoms with Crippen molar-refractivity contribution in [2.45, 2.75) is 38.3 Å². The van der Waals surface area contributed by atoms with E-state index < -0.39 is 6.04 Å². The number of rotatable bonds is 1. The van der Waals surface area contributed by atoms with Crippen LogP contribution in [0.15, 0.2) is 0 Å². The fourth-order valence-electron chi connectivity index (χ4n) is 2.52. The van der Waals surface area contributed by atoms with Crippen LogP contribution < -0.4 is 0 Å². The molecule has 2 heterocycles. The molecule has 4 nitrogen and oxygen atoms in total. The zero-order chi connectivity index (χ0) is 11.7. The van der Waals surface area contributed by atoms with Gasteiger partial charge in [-0.3, -0.25) is 9.59 Å². The van der Waals surface area contributed by atoms with Gasteiger partial charge in [-0.2, -0.15) is 0 Å². The molecular formula is C12H16N2O2. The third-order valence-corrected chi connectivity index (χ3v) is 3.44. The smallest absolute Gasteiger partial charge is 0.246 e. The SMILES string of the molecule is C#CCN1C(=O)C2CCCCN2C(=O)C1C. The third-order valence-electron chi connectivity index (χ3n) is 3.44. The first-order valence-corrected chi connectivity index (χ1v) is 5.71. The van der Waals surface area contributed by atoms with Crippen molar-refractivity contribution in [2.24, 2.45) is 0 Å². The molecule has 2 fully saturated rings. The number of hydrogen-bond acceptors (Lipinski definition) is 2. The zero-order valence-electron chi connectivity index (χ0n) is 9.48. The highest BCUT2D eigenvalue weighted by atomic mass is 16.2. The molecule has 0 aromatic rings. The number of nitrogens with zero attached hydrogens (tertiary/aromatic N) is 2. The lowest BCUT2D eigenvalue weighted by molar-refractivity contribution is -0.162. The molecule has 0 bridgehead atoms. The van der Waals surface area contributed by atoms with E-state index in [9.17, 15) is 9.59 Å². The fourth-order valence-corrected chi connectivity index (χ4v) is 2.52. The monoisotopic (exact) mass is 220 g/mol. The van der Waals surface area contributed by atoms with Crippen molar-refractivity contribution in [3.63, 3.8) is 0 Å². The van der Waals surface area contributed by atoms with Crippen LogP contribution in [0.2, 0.25) is 0 Å². The molecule has 2 rings (SSSR count). The Morgan fingerprint density at radius 3 is 2.81 bits per heavy atom. The number of piperazine rings is 1. The maximum Gasteiger partial charge on any atom is 0.246 e. The highest BCUT2D eigenvalue weighted by molar-refractivity contribution is 5.97. The van der Waals surface area contributed by atoms with Crippen LogP contribution in [0, 0.1) is 12.3 Å². The molecule has 0 aromatic heterocycles. The number of fused-ring (bicyclic) bond motifs is 1. The molecule has 0 radical (unpaired) electrons. The summed E-state index contributed by atoms with van der Waals surface area (Å²) in [5.41, 5.74) is 0. The highest BCUT2D eigenvalue weighted by Crippen LogP contribution is 2.25. The molecule has 0 saturated carbocycles. The Hall–Kier alpha value is -1.50. The van der Waals surface area contributed by atoms with Crippen molar-refractivity contribution >= 4 is 11.8 Å². The van der Waals surface area contributed by atoms with Gasteiger partial charge in [-0.15, -0.1) is 6.42 Å². The summed E-state index contributed by atoms with van der Waals surface area (Å²) in [4.78, 5) is 27.4. The Morgan fingerprint density at radius 1 is 1.38 bits per heavy atom. The van der Waals surface area contributed by atoms with E-state index in [4.69, 9.17) is 6.42 Å². The van der Waals surface area contributed by atoms with E-state index in [1.807, 2.05) is 0 Å². The van der Waals surface area contributed by atoms with Gasteiger partial charge in [0.1, 0.15) is 12.1 Å². The molecule has 2 atom stereocenters. The molecule has 2 amide bonds. The second kappa shape index (κ2) is 4.17. The summed E-state index contributed by atoms with van der Waals surface area (Å²) in [5.74, 6) is 2.51. The number of terminal acetylenes is 1. The molecule has 2 aliphatic rings. The van der Waals surface area contributed by atoms with Crippen molar-refractivity contribution < 1.29 is 9.59 Å². The van der Waals surface area contributed by atoms with Gasteiger partial charge in [-0.1, -0.05) is 5.92 Å². The van der Waals surface area contributed by atoms with Gasteiger partial charge in [0.25, 0.3) is 0 Å². The second-order valence-electron chi connectivity index (χ2n) is 4.39. The summed E-state index contributed by atoms with van der Waals surface area (Å²) in [6.07, 6.45) is 8.01. The first-order valence-electron chi connectivity index (χ1n) is 5.71. The van der Waals surface area contributed by atoms with E-state index in [2.05, 4.69) is 5.92 Å². The largest absolute Gasteiger partial charge is 0.329 e. The molecule has 0 aromatic carbocycles. The van der Waals surface area contributed by atoms with Crippen LogP contribution in [0.25, 0.3) is 0 Å². The Morgan fingerprint density at radius 2 is 2.12 bits per heavy atom. The van der Waals surface area contributed by atoms with Gasteiger partial charge in [0, 0.05) is 6.54 Å². The summed E-state index contributed by atoms with van der Waals surface area (Å²) in [7, 11) is 0. The topological polar surface area (TPSA) is 40.6 Å². The molecule has 16 heavy (non-hydrogen) atoms. The quantitative estimate of drug-likeness (QED) is 0.594. The first-order chi connectivity index (χ1) is 7.66. The molecule has 86 valence electrons. The number of carbonyl (C=O) groups is 2. The van der Waals surface area contributed by atoms with Crippen molar-refractivity contribution in [1.82, 2.24) is 9.80 Å². The van der Waals surface area contributed by atoms with Crippen molar-refractivity contribution in [3.05, 3.63) is 0 Å². The van der Waals surface area contributed by atoms with E-state index in [0.29, 0.717) is 6.54 Å². The lowest BCUT2D eigenvalue weighted by atomic mass is 9.96.